The number of nitrogens with zero attached hydrogens (tertiary/aromatic N) is 3. The van der Waals surface area contributed by atoms with Gasteiger partial charge in [0.2, 0.25) is 0 Å². The van der Waals surface area contributed by atoms with Crippen molar-refractivity contribution in [1.29, 1.82) is 0 Å². The summed E-state index contributed by atoms with van der Waals surface area (Å²) < 4.78 is 1.29. The molecule has 1 aromatic rings. The lowest BCUT2D eigenvalue weighted by molar-refractivity contribution is -0.136. The predicted molar refractivity (Wildman–Crippen MR) is 44.5 cm³/mol. The Kier molecular flexibility index (Phi) is 3.55. The van der Waals surface area contributed by atoms with E-state index in [1.54, 1.807) is 0 Å². The minimum Gasteiger partial charge on any atom is -0.481 e. The normalized spacial score (nSPS) is 12.7. The SMILES string of the molecule is O=C(O)Cc1cn(CC(O)CO)nn1. The van der Waals surface area contributed by atoms with Crippen LogP contribution in [0, 0.1) is 0 Å². The van der Waals surface area contributed by atoms with Crippen molar-refractivity contribution in [2.45, 2.75) is 19.1 Å². The van der Waals surface area contributed by atoms with Crippen LogP contribution < -0.4 is 0 Å². The number of aliphatic hydroxyl groups excluding tert-OH is 2. The summed E-state index contributed by atoms with van der Waals surface area (Å²) in [5.41, 5.74) is 0.322. The summed E-state index contributed by atoms with van der Waals surface area (Å²) in [6.45, 7) is -0.267. The van der Waals surface area contributed by atoms with Crippen molar-refractivity contribution in [1.82, 2.24) is 15.0 Å². The molecule has 0 amide bonds. The molecule has 0 aliphatic carbocycles. The monoisotopic (exact) mass is 201 g/mol. The molecule has 0 aromatic carbocycles. The average Bonchev–Trinajstić information content (AvgIpc) is 2.51. The molecule has 1 unspecified atom stereocenters. The molecular weight excluding hydrogens is 190 g/mol. The average molecular weight is 201 g/mol. The van der Waals surface area contributed by atoms with Crippen LogP contribution in [0.3, 0.4) is 0 Å². The van der Waals surface area contributed by atoms with E-state index in [4.69, 9.17) is 15.3 Å². The second-order valence-corrected chi connectivity index (χ2v) is 2.84. The molecule has 1 rings (SSSR count). The van der Waals surface area contributed by atoms with Gasteiger partial charge in [-0.3, -0.25) is 4.79 Å². The standard InChI is InChI=1S/C7H11N3O4/c11-4-6(12)3-10-2-5(8-9-10)1-7(13)14/h2,6,11-12H,1,3-4H2,(H,13,14). The van der Waals surface area contributed by atoms with Crippen molar-refractivity contribution in [2.75, 3.05) is 6.61 Å². The van der Waals surface area contributed by atoms with E-state index in [1.165, 1.54) is 10.9 Å². The molecule has 0 fully saturated rings. The third-order valence-electron chi connectivity index (χ3n) is 1.53. The van der Waals surface area contributed by atoms with Crippen molar-refractivity contribution in [3.63, 3.8) is 0 Å². The summed E-state index contributed by atoms with van der Waals surface area (Å²) in [6, 6.07) is 0. The van der Waals surface area contributed by atoms with Crippen LogP contribution in [0.15, 0.2) is 6.20 Å². The highest BCUT2D eigenvalue weighted by Crippen LogP contribution is 1.96. The first-order valence-corrected chi connectivity index (χ1v) is 4.01. The Morgan fingerprint density at radius 1 is 1.64 bits per heavy atom. The highest BCUT2D eigenvalue weighted by molar-refractivity contribution is 5.69. The Hall–Kier alpha value is -1.47. The highest BCUT2D eigenvalue weighted by atomic mass is 16.4. The molecule has 0 radical (unpaired) electrons. The third-order valence-corrected chi connectivity index (χ3v) is 1.53. The molecule has 7 heteroatoms. The van der Waals surface area contributed by atoms with E-state index in [1.807, 2.05) is 0 Å². The van der Waals surface area contributed by atoms with Crippen molar-refractivity contribution < 1.29 is 20.1 Å². The van der Waals surface area contributed by atoms with Crippen LogP contribution >= 0.6 is 0 Å². The van der Waals surface area contributed by atoms with Crippen LogP contribution in [0.25, 0.3) is 0 Å². The Morgan fingerprint density at radius 3 is 2.93 bits per heavy atom. The smallest absolute Gasteiger partial charge is 0.309 e. The van der Waals surface area contributed by atoms with Crippen LogP contribution in [0.2, 0.25) is 0 Å². The molecule has 1 atom stereocenters. The summed E-state index contributed by atoms with van der Waals surface area (Å²) in [4.78, 5) is 10.3. The molecule has 3 N–H and O–H groups in total. The van der Waals surface area contributed by atoms with Crippen LogP contribution in [-0.2, 0) is 17.8 Å². The summed E-state index contributed by atoms with van der Waals surface area (Å²) in [6.07, 6.45) is 0.316. The quantitative estimate of drug-likeness (QED) is 0.521. The summed E-state index contributed by atoms with van der Waals surface area (Å²) in [7, 11) is 0. The first-order valence-electron chi connectivity index (χ1n) is 4.01. The molecule has 0 bridgehead atoms. The Bertz CT molecular complexity index is 312. The zero-order valence-electron chi connectivity index (χ0n) is 7.37. The van der Waals surface area contributed by atoms with Crippen molar-refractivity contribution in [3.05, 3.63) is 11.9 Å². The van der Waals surface area contributed by atoms with Gasteiger partial charge in [-0.15, -0.1) is 5.10 Å². The van der Waals surface area contributed by atoms with E-state index in [-0.39, 0.29) is 19.6 Å². The van der Waals surface area contributed by atoms with Gasteiger partial charge in [0.15, 0.2) is 0 Å². The van der Waals surface area contributed by atoms with Gasteiger partial charge in [0.25, 0.3) is 0 Å². The fraction of sp³-hybridized carbons (Fsp3) is 0.571. The minimum atomic E-state index is -0.986. The molecule has 0 aliphatic heterocycles. The second kappa shape index (κ2) is 4.68. The molecule has 0 saturated carbocycles. The van der Waals surface area contributed by atoms with E-state index >= 15 is 0 Å². The van der Waals surface area contributed by atoms with E-state index < -0.39 is 12.1 Å². The fourth-order valence-corrected chi connectivity index (χ4v) is 0.937. The van der Waals surface area contributed by atoms with Gasteiger partial charge in [0, 0.05) is 6.20 Å². The van der Waals surface area contributed by atoms with Crippen molar-refractivity contribution >= 4 is 5.97 Å². The lowest BCUT2D eigenvalue weighted by Crippen LogP contribution is -2.20. The molecule has 14 heavy (non-hydrogen) atoms. The molecule has 0 saturated heterocycles. The van der Waals surface area contributed by atoms with Crippen LogP contribution in [0.1, 0.15) is 5.69 Å². The molecule has 0 spiro atoms. The topological polar surface area (TPSA) is 108 Å². The Labute approximate surface area is 79.6 Å². The second-order valence-electron chi connectivity index (χ2n) is 2.84. The number of rotatable bonds is 5. The van der Waals surface area contributed by atoms with Gasteiger partial charge in [-0.2, -0.15) is 0 Å². The first-order chi connectivity index (χ1) is 6.61. The fourth-order valence-electron chi connectivity index (χ4n) is 0.937. The van der Waals surface area contributed by atoms with Crippen LogP contribution in [-0.4, -0.2) is 49.0 Å². The van der Waals surface area contributed by atoms with Crippen LogP contribution in [0.4, 0.5) is 0 Å². The lowest BCUT2D eigenvalue weighted by Gasteiger charge is -2.04. The number of carboxylic acids is 1. The molecular formula is C7H11N3O4. The number of aromatic nitrogens is 3. The van der Waals surface area contributed by atoms with E-state index in [2.05, 4.69) is 10.3 Å². The van der Waals surface area contributed by atoms with Crippen molar-refractivity contribution in [3.8, 4) is 0 Å². The van der Waals surface area contributed by atoms with E-state index in [0.29, 0.717) is 5.69 Å². The first kappa shape index (κ1) is 10.6. The largest absolute Gasteiger partial charge is 0.481 e. The van der Waals surface area contributed by atoms with Crippen molar-refractivity contribution in [2.24, 2.45) is 0 Å². The number of carboxylic acid groups (broad SMARTS) is 1. The summed E-state index contributed by atoms with van der Waals surface area (Å²) >= 11 is 0. The summed E-state index contributed by atoms with van der Waals surface area (Å²) in [5.74, 6) is -0.986. The number of hydrogen-bond donors (Lipinski definition) is 3. The molecule has 78 valence electrons. The maximum absolute atomic E-state index is 10.3. The van der Waals surface area contributed by atoms with E-state index in [9.17, 15) is 4.79 Å². The highest BCUT2D eigenvalue weighted by Gasteiger charge is 2.08. The van der Waals surface area contributed by atoms with Gasteiger partial charge < -0.3 is 15.3 Å². The Balaban J connectivity index is 2.54. The predicted octanol–water partition coefficient (Wildman–Crippen LogP) is -1.74. The van der Waals surface area contributed by atoms with E-state index in [0.717, 1.165) is 0 Å². The lowest BCUT2D eigenvalue weighted by atomic mass is 10.3. The van der Waals surface area contributed by atoms with Crippen LogP contribution in [0.5, 0.6) is 0 Å². The van der Waals surface area contributed by atoms with Gasteiger partial charge in [0.1, 0.15) is 0 Å². The summed E-state index contributed by atoms with van der Waals surface area (Å²) in [5, 5.41) is 33.2. The molecule has 7 nitrogen and oxygen atoms in total. The van der Waals surface area contributed by atoms with Gasteiger partial charge in [-0.1, -0.05) is 5.21 Å². The van der Waals surface area contributed by atoms with Gasteiger partial charge >= 0.3 is 5.97 Å². The molecule has 1 aromatic heterocycles. The maximum atomic E-state index is 10.3. The number of carbonyl (C=O) groups is 1. The third kappa shape index (κ3) is 3.11. The van der Waals surface area contributed by atoms with Gasteiger partial charge in [-0.25, -0.2) is 4.68 Å². The minimum absolute atomic E-state index is 0.100. The zero-order valence-corrected chi connectivity index (χ0v) is 7.37. The van der Waals surface area contributed by atoms with Gasteiger partial charge in [-0.05, 0) is 0 Å². The number of aliphatic carboxylic acids is 1. The maximum Gasteiger partial charge on any atom is 0.309 e. The number of hydrogen-bond acceptors (Lipinski definition) is 5. The molecule has 0 aliphatic rings. The zero-order chi connectivity index (χ0) is 10.6. The molecule has 1 heterocycles. The van der Waals surface area contributed by atoms with Gasteiger partial charge in [0.05, 0.1) is 31.4 Å². The Morgan fingerprint density at radius 2 is 2.36 bits per heavy atom. The number of aliphatic hydroxyl groups is 2.